The van der Waals surface area contributed by atoms with Gasteiger partial charge in [0.05, 0.1) is 0 Å². The summed E-state index contributed by atoms with van der Waals surface area (Å²) in [5.41, 5.74) is 3.45. The zero-order valence-electron chi connectivity index (χ0n) is 11.7. The summed E-state index contributed by atoms with van der Waals surface area (Å²) in [6, 6.07) is 6.78. The van der Waals surface area contributed by atoms with E-state index in [0.29, 0.717) is 5.41 Å². The molecular weight excluding hydrogens is 300 g/mol. The molecule has 3 rings (SSSR count). The van der Waals surface area contributed by atoms with Crippen LogP contribution < -0.4 is 5.32 Å². The average Bonchev–Trinajstić information content (AvgIpc) is 2.38. The quantitative estimate of drug-likeness (QED) is 0.920. The number of benzene rings is 1. The number of nitrogens with one attached hydrogen (secondary N) is 1. The summed E-state index contributed by atoms with van der Waals surface area (Å²) < 4.78 is 1.22. The monoisotopic (exact) mass is 322 g/mol. The lowest BCUT2D eigenvalue weighted by Gasteiger charge is -2.47. The highest BCUT2D eigenvalue weighted by molar-refractivity contribution is 9.10. The summed E-state index contributed by atoms with van der Waals surface area (Å²) in [7, 11) is 0. The smallest absolute Gasteiger partial charge is 0.0178 e. The second kappa shape index (κ2) is 5.55. The molecule has 1 aliphatic carbocycles. The van der Waals surface area contributed by atoms with E-state index < -0.39 is 0 Å². The molecule has 1 aromatic rings. The van der Waals surface area contributed by atoms with Crippen molar-refractivity contribution in [2.75, 3.05) is 32.7 Å². The van der Waals surface area contributed by atoms with Gasteiger partial charge in [0.1, 0.15) is 0 Å². The van der Waals surface area contributed by atoms with E-state index in [9.17, 15) is 0 Å². The zero-order valence-corrected chi connectivity index (χ0v) is 13.3. The Hall–Kier alpha value is -0.380. The first-order valence-electron chi connectivity index (χ1n) is 7.39. The van der Waals surface area contributed by atoms with Crippen LogP contribution in [0.1, 0.15) is 30.4 Å². The van der Waals surface area contributed by atoms with Crippen LogP contribution in [0, 0.1) is 6.92 Å². The highest BCUT2D eigenvalue weighted by atomic mass is 79.9. The molecule has 0 amide bonds. The molecule has 0 bridgehead atoms. The van der Waals surface area contributed by atoms with Crippen molar-refractivity contribution in [1.82, 2.24) is 10.2 Å². The average molecular weight is 323 g/mol. The third-order valence-corrected chi connectivity index (χ3v) is 5.31. The van der Waals surface area contributed by atoms with Crippen molar-refractivity contribution in [3.05, 3.63) is 33.8 Å². The van der Waals surface area contributed by atoms with Crippen molar-refractivity contribution in [2.24, 2.45) is 0 Å². The van der Waals surface area contributed by atoms with Gasteiger partial charge in [0.15, 0.2) is 0 Å². The Kier molecular flexibility index (Phi) is 3.97. The molecule has 0 spiro atoms. The summed E-state index contributed by atoms with van der Waals surface area (Å²) in [5, 5.41) is 3.45. The molecule has 104 valence electrons. The van der Waals surface area contributed by atoms with E-state index in [1.54, 1.807) is 5.56 Å². The van der Waals surface area contributed by atoms with E-state index in [1.165, 1.54) is 48.9 Å². The number of hydrogen-bond acceptors (Lipinski definition) is 2. The van der Waals surface area contributed by atoms with Gasteiger partial charge >= 0.3 is 0 Å². The van der Waals surface area contributed by atoms with E-state index >= 15 is 0 Å². The normalized spacial score (nSPS) is 23.1. The molecule has 1 aromatic carbocycles. The fourth-order valence-electron chi connectivity index (χ4n) is 3.58. The minimum absolute atomic E-state index is 0.422. The molecule has 0 unspecified atom stereocenters. The first-order chi connectivity index (χ1) is 9.20. The molecule has 1 saturated carbocycles. The molecule has 19 heavy (non-hydrogen) atoms. The van der Waals surface area contributed by atoms with Crippen molar-refractivity contribution in [2.45, 2.75) is 31.6 Å². The number of rotatable bonds is 3. The predicted octanol–water partition coefficient (Wildman–Crippen LogP) is 3.08. The maximum atomic E-state index is 3.64. The van der Waals surface area contributed by atoms with Gasteiger partial charge in [-0.3, -0.25) is 4.90 Å². The summed E-state index contributed by atoms with van der Waals surface area (Å²) in [4.78, 5) is 2.65. The van der Waals surface area contributed by atoms with Crippen molar-refractivity contribution in [3.8, 4) is 0 Å². The maximum Gasteiger partial charge on any atom is 0.0178 e. The summed E-state index contributed by atoms with van der Waals surface area (Å²) in [6.07, 6.45) is 4.10. The van der Waals surface area contributed by atoms with Gasteiger partial charge in [0.25, 0.3) is 0 Å². The highest BCUT2D eigenvalue weighted by Gasteiger charge is 2.41. The van der Waals surface area contributed by atoms with Gasteiger partial charge in [-0.25, -0.2) is 0 Å². The Balaban J connectivity index is 1.83. The molecule has 1 saturated heterocycles. The van der Waals surface area contributed by atoms with Gasteiger partial charge in [-0.1, -0.05) is 28.4 Å². The molecule has 0 aromatic heterocycles. The fraction of sp³-hybridized carbons (Fsp3) is 0.625. The molecular formula is C16H23BrN2. The Morgan fingerprint density at radius 2 is 2.00 bits per heavy atom. The topological polar surface area (TPSA) is 15.3 Å². The predicted molar refractivity (Wildman–Crippen MR) is 83.7 cm³/mol. The molecule has 2 nitrogen and oxygen atoms in total. The number of halogens is 1. The van der Waals surface area contributed by atoms with E-state index in [2.05, 4.69) is 51.3 Å². The second-order valence-electron chi connectivity index (χ2n) is 6.12. The zero-order chi connectivity index (χ0) is 13.3. The van der Waals surface area contributed by atoms with Crippen LogP contribution in [0.3, 0.4) is 0 Å². The lowest BCUT2D eigenvalue weighted by Crippen LogP contribution is -2.52. The van der Waals surface area contributed by atoms with Crippen LogP contribution >= 0.6 is 15.9 Å². The highest BCUT2D eigenvalue weighted by Crippen LogP contribution is 2.46. The summed E-state index contributed by atoms with van der Waals surface area (Å²) >= 11 is 3.64. The number of piperazine rings is 1. The van der Waals surface area contributed by atoms with Crippen LogP contribution in [0.5, 0.6) is 0 Å². The Morgan fingerprint density at radius 1 is 1.26 bits per heavy atom. The first-order valence-corrected chi connectivity index (χ1v) is 8.19. The van der Waals surface area contributed by atoms with Gasteiger partial charge in [-0.2, -0.15) is 0 Å². The van der Waals surface area contributed by atoms with Crippen LogP contribution in [0.4, 0.5) is 0 Å². The van der Waals surface area contributed by atoms with Crippen molar-refractivity contribution in [1.29, 1.82) is 0 Å². The van der Waals surface area contributed by atoms with Crippen LogP contribution in [0.25, 0.3) is 0 Å². The van der Waals surface area contributed by atoms with Gasteiger partial charge in [0, 0.05) is 42.6 Å². The Bertz CT molecular complexity index is 448. The standard InChI is InChI=1S/C16H23BrN2/c1-13-3-4-14(17)11-15(13)16(5-2-6-16)12-19-9-7-18-8-10-19/h3-4,11,18H,2,5-10,12H2,1H3. The maximum absolute atomic E-state index is 3.64. The van der Waals surface area contributed by atoms with E-state index in [4.69, 9.17) is 0 Å². The molecule has 1 heterocycles. The van der Waals surface area contributed by atoms with E-state index in [-0.39, 0.29) is 0 Å². The second-order valence-corrected chi connectivity index (χ2v) is 7.03. The van der Waals surface area contributed by atoms with Crippen molar-refractivity contribution >= 4 is 15.9 Å². The Morgan fingerprint density at radius 3 is 2.63 bits per heavy atom. The van der Waals surface area contributed by atoms with Crippen molar-refractivity contribution < 1.29 is 0 Å². The SMILES string of the molecule is Cc1ccc(Br)cc1C1(CN2CCNCC2)CCC1. The lowest BCUT2D eigenvalue weighted by atomic mass is 9.63. The first kappa shape index (κ1) is 13.6. The number of hydrogen-bond donors (Lipinski definition) is 1. The third-order valence-electron chi connectivity index (χ3n) is 4.82. The molecule has 3 heteroatoms. The molecule has 1 aliphatic heterocycles. The Labute approximate surface area is 124 Å². The van der Waals surface area contributed by atoms with Crippen LogP contribution in [0.15, 0.2) is 22.7 Å². The molecule has 1 N–H and O–H groups in total. The minimum Gasteiger partial charge on any atom is -0.314 e. The summed E-state index contributed by atoms with van der Waals surface area (Å²) in [5.74, 6) is 0. The van der Waals surface area contributed by atoms with Crippen LogP contribution in [-0.2, 0) is 5.41 Å². The third kappa shape index (κ3) is 2.74. The van der Waals surface area contributed by atoms with Gasteiger partial charge < -0.3 is 5.32 Å². The van der Waals surface area contributed by atoms with Crippen LogP contribution in [-0.4, -0.2) is 37.6 Å². The fourth-order valence-corrected chi connectivity index (χ4v) is 3.94. The van der Waals surface area contributed by atoms with Crippen molar-refractivity contribution in [3.63, 3.8) is 0 Å². The molecule has 2 fully saturated rings. The molecule has 2 aliphatic rings. The number of nitrogens with zero attached hydrogens (tertiary/aromatic N) is 1. The largest absolute Gasteiger partial charge is 0.314 e. The van der Waals surface area contributed by atoms with Gasteiger partial charge in [0.2, 0.25) is 0 Å². The number of aryl methyl sites for hydroxylation is 1. The summed E-state index contributed by atoms with van der Waals surface area (Å²) in [6.45, 7) is 8.20. The lowest BCUT2D eigenvalue weighted by molar-refractivity contribution is 0.128. The molecule has 0 radical (unpaired) electrons. The van der Waals surface area contributed by atoms with Gasteiger partial charge in [-0.15, -0.1) is 0 Å². The van der Waals surface area contributed by atoms with Gasteiger partial charge in [-0.05, 0) is 43.0 Å². The van der Waals surface area contributed by atoms with E-state index in [0.717, 1.165) is 13.1 Å². The minimum atomic E-state index is 0.422. The van der Waals surface area contributed by atoms with Crippen LogP contribution in [0.2, 0.25) is 0 Å². The molecule has 0 atom stereocenters. The van der Waals surface area contributed by atoms with E-state index in [1.807, 2.05) is 0 Å².